The van der Waals surface area contributed by atoms with E-state index in [1.54, 1.807) is 19.1 Å². The average molecular weight is 321 g/mol. The predicted octanol–water partition coefficient (Wildman–Crippen LogP) is 2.86. The molecule has 1 atom stereocenters. The Balaban J connectivity index is 1.89. The summed E-state index contributed by atoms with van der Waals surface area (Å²) in [7, 11) is 0. The van der Waals surface area contributed by atoms with Crippen LogP contribution in [0.1, 0.15) is 5.56 Å². The van der Waals surface area contributed by atoms with Crippen LogP contribution in [0.15, 0.2) is 42.5 Å². The fraction of sp³-hybridized carbons (Fsp3) is 0.250. The lowest BCUT2D eigenvalue weighted by Gasteiger charge is -2.14. The van der Waals surface area contributed by atoms with Crippen LogP contribution in [-0.2, 0) is 0 Å². The minimum atomic E-state index is -0.986. The van der Waals surface area contributed by atoms with Crippen molar-refractivity contribution >= 4 is 5.69 Å². The summed E-state index contributed by atoms with van der Waals surface area (Å²) in [5.74, 6) is 0.121. The quantitative estimate of drug-likeness (QED) is 0.626. The van der Waals surface area contributed by atoms with Gasteiger partial charge in [0.1, 0.15) is 30.9 Å². The van der Waals surface area contributed by atoms with Gasteiger partial charge in [-0.3, -0.25) is 10.1 Å². The van der Waals surface area contributed by atoms with Gasteiger partial charge in [0.2, 0.25) is 0 Å². The first-order valence-electron chi connectivity index (χ1n) is 6.90. The zero-order valence-corrected chi connectivity index (χ0v) is 12.4. The van der Waals surface area contributed by atoms with Crippen molar-refractivity contribution < 1.29 is 23.9 Å². The Kier molecular flexibility index (Phi) is 5.48. The van der Waals surface area contributed by atoms with Crippen LogP contribution in [0.3, 0.4) is 0 Å². The molecule has 0 heterocycles. The minimum Gasteiger partial charge on any atom is -0.491 e. The van der Waals surface area contributed by atoms with Crippen molar-refractivity contribution in [3.63, 3.8) is 0 Å². The molecule has 7 heteroatoms. The van der Waals surface area contributed by atoms with Gasteiger partial charge in [-0.25, -0.2) is 4.39 Å². The summed E-state index contributed by atoms with van der Waals surface area (Å²) in [5, 5.41) is 20.9. The number of hydrogen-bond acceptors (Lipinski definition) is 5. The Morgan fingerprint density at radius 3 is 2.48 bits per heavy atom. The number of nitro groups is 1. The summed E-state index contributed by atoms with van der Waals surface area (Å²) in [6.45, 7) is 1.37. The number of rotatable bonds is 7. The number of hydrogen-bond donors (Lipinski definition) is 1. The highest BCUT2D eigenvalue weighted by molar-refractivity contribution is 5.52. The number of nitro benzene ring substituents is 1. The van der Waals surface area contributed by atoms with Crippen LogP contribution in [0.5, 0.6) is 11.5 Å². The van der Waals surface area contributed by atoms with Crippen molar-refractivity contribution in [1.82, 2.24) is 0 Å². The molecule has 1 N–H and O–H groups in total. The molecule has 0 bridgehead atoms. The number of aryl methyl sites for hydroxylation is 1. The minimum absolute atomic E-state index is 0.0781. The Hall–Kier alpha value is -2.67. The fourth-order valence-electron chi connectivity index (χ4n) is 1.94. The number of para-hydroxylation sites is 1. The third-order valence-corrected chi connectivity index (χ3v) is 3.07. The molecule has 0 fully saturated rings. The van der Waals surface area contributed by atoms with Gasteiger partial charge in [0, 0.05) is 5.56 Å². The van der Waals surface area contributed by atoms with E-state index in [9.17, 15) is 19.6 Å². The van der Waals surface area contributed by atoms with Crippen molar-refractivity contribution in [3.05, 3.63) is 64.0 Å². The molecule has 0 radical (unpaired) electrons. The molecule has 23 heavy (non-hydrogen) atoms. The molecular weight excluding hydrogens is 305 g/mol. The second kappa shape index (κ2) is 7.55. The van der Waals surface area contributed by atoms with Crippen LogP contribution >= 0.6 is 0 Å². The molecule has 0 aliphatic heterocycles. The lowest BCUT2D eigenvalue weighted by Crippen LogP contribution is -2.25. The maximum absolute atomic E-state index is 12.7. The highest BCUT2D eigenvalue weighted by Crippen LogP contribution is 2.30. The summed E-state index contributed by atoms with van der Waals surface area (Å²) in [5.41, 5.74) is 0.351. The zero-order valence-electron chi connectivity index (χ0n) is 12.4. The molecule has 0 aliphatic carbocycles. The van der Waals surface area contributed by atoms with E-state index >= 15 is 0 Å². The van der Waals surface area contributed by atoms with Crippen molar-refractivity contribution in [2.45, 2.75) is 13.0 Å². The van der Waals surface area contributed by atoms with E-state index in [1.807, 2.05) is 0 Å². The molecular formula is C16H16FNO5. The molecule has 0 amide bonds. The van der Waals surface area contributed by atoms with Crippen LogP contribution in [0.2, 0.25) is 0 Å². The summed E-state index contributed by atoms with van der Waals surface area (Å²) in [4.78, 5) is 10.5. The summed E-state index contributed by atoms with van der Waals surface area (Å²) >= 11 is 0. The summed E-state index contributed by atoms with van der Waals surface area (Å²) < 4.78 is 23.3. The normalized spacial score (nSPS) is 11.8. The van der Waals surface area contributed by atoms with E-state index in [0.29, 0.717) is 11.3 Å². The van der Waals surface area contributed by atoms with E-state index in [2.05, 4.69) is 0 Å². The maximum atomic E-state index is 12.7. The van der Waals surface area contributed by atoms with Crippen molar-refractivity contribution in [2.24, 2.45) is 0 Å². The van der Waals surface area contributed by atoms with Crippen LogP contribution in [0.25, 0.3) is 0 Å². The monoisotopic (exact) mass is 321 g/mol. The van der Waals surface area contributed by atoms with Gasteiger partial charge in [-0.05, 0) is 37.3 Å². The Labute approximate surface area is 132 Å². The molecule has 2 aromatic rings. The van der Waals surface area contributed by atoms with Gasteiger partial charge in [0.15, 0.2) is 5.75 Å². The van der Waals surface area contributed by atoms with Crippen LogP contribution in [-0.4, -0.2) is 29.3 Å². The Bertz CT molecular complexity index is 675. The maximum Gasteiger partial charge on any atom is 0.313 e. The number of aliphatic hydroxyl groups excluding tert-OH is 1. The first kappa shape index (κ1) is 16.7. The first-order chi connectivity index (χ1) is 11.0. The number of benzene rings is 2. The van der Waals surface area contributed by atoms with E-state index in [-0.39, 0.29) is 30.5 Å². The molecule has 6 nitrogen and oxygen atoms in total. The van der Waals surface area contributed by atoms with E-state index < -0.39 is 11.0 Å². The van der Waals surface area contributed by atoms with E-state index in [4.69, 9.17) is 9.47 Å². The molecule has 0 saturated heterocycles. The fourth-order valence-corrected chi connectivity index (χ4v) is 1.94. The molecule has 0 aromatic heterocycles. The lowest BCUT2D eigenvalue weighted by atomic mass is 10.2. The number of ether oxygens (including phenoxy) is 2. The van der Waals surface area contributed by atoms with Gasteiger partial charge in [-0.2, -0.15) is 0 Å². The largest absolute Gasteiger partial charge is 0.491 e. The van der Waals surface area contributed by atoms with Gasteiger partial charge in [-0.1, -0.05) is 12.1 Å². The summed E-state index contributed by atoms with van der Waals surface area (Å²) in [6, 6.07) is 10.1. The van der Waals surface area contributed by atoms with Gasteiger partial charge in [-0.15, -0.1) is 0 Å². The zero-order chi connectivity index (χ0) is 16.8. The van der Waals surface area contributed by atoms with Crippen LogP contribution in [0, 0.1) is 22.9 Å². The molecule has 2 aromatic carbocycles. The number of nitrogens with zero attached hydrogens (tertiary/aromatic N) is 1. The highest BCUT2D eigenvalue weighted by Gasteiger charge is 2.19. The smallest absolute Gasteiger partial charge is 0.313 e. The van der Waals surface area contributed by atoms with Gasteiger partial charge in [0.25, 0.3) is 0 Å². The van der Waals surface area contributed by atoms with Crippen LogP contribution < -0.4 is 9.47 Å². The van der Waals surface area contributed by atoms with Gasteiger partial charge >= 0.3 is 5.69 Å². The van der Waals surface area contributed by atoms with E-state index in [0.717, 1.165) is 0 Å². The van der Waals surface area contributed by atoms with Gasteiger partial charge in [0.05, 0.1) is 4.92 Å². The highest BCUT2D eigenvalue weighted by atomic mass is 19.1. The van der Waals surface area contributed by atoms with E-state index in [1.165, 1.54) is 30.3 Å². The van der Waals surface area contributed by atoms with Crippen molar-refractivity contribution in [1.29, 1.82) is 0 Å². The average Bonchev–Trinajstić information content (AvgIpc) is 2.52. The molecule has 0 spiro atoms. The standard InChI is InChI=1S/C16H16FNO5/c1-11-3-2-4-15(16(11)18(20)21)23-10-13(19)9-22-14-7-5-12(17)6-8-14/h2-8,13,19H,9-10H2,1H3. The molecule has 0 saturated carbocycles. The summed E-state index contributed by atoms with van der Waals surface area (Å²) in [6.07, 6.45) is -0.986. The molecule has 0 aliphatic rings. The third kappa shape index (κ3) is 4.65. The second-order valence-electron chi connectivity index (χ2n) is 4.91. The molecule has 2 rings (SSSR count). The Morgan fingerprint density at radius 2 is 1.83 bits per heavy atom. The third-order valence-electron chi connectivity index (χ3n) is 3.07. The van der Waals surface area contributed by atoms with Crippen molar-refractivity contribution in [2.75, 3.05) is 13.2 Å². The lowest BCUT2D eigenvalue weighted by molar-refractivity contribution is -0.386. The SMILES string of the molecule is Cc1cccc(OCC(O)COc2ccc(F)cc2)c1[N+](=O)[O-]. The van der Waals surface area contributed by atoms with Gasteiger partial charge < -0.3 is 14.6 Å². The first-order valence-corrected chi connectivity index (χ1v) is 6.90. The number of aliphatic hydroxyl groups is 1. The Morgan fingerprint density at radius 1 is 1.17 bits per heavy atom. The number of halogens is 1. The topological polar surface area (TPSA) is 81.8 Å². The second-order valence-corrected chi connectivity index (χ2v) is 4.91. The van der Waals surface area contributed by atoms with Crippen LogP contribution in [0.4, 0.5) is 10.1 Å². The molecule has 122 valence electrons. The van der Waals surface area contributed by atoms with Crippen molar-refractivity contribution in [3.8, 4) is 11.5 Å². The molecule has 1 unspecified atom stereocenters. The predicted molar refractivity (Wildman–Crippen MR) is 81.2 cm³/mol.